The number of nitrogens with zero attached hydrogens (tertiary/aromatic N) is 1. The lowest BCUT2D eigenvalue weighted by Gasteiger charge is -2.26. The van der Waals surface area contributed by atoms with Crippen molar-refractivity contribution in [2.24, 2.45) is 0 Å². The summed E-state index contributed by atoms with van der Waals surface area (Å²) >= 11 is 3.43. The van der Waals surface area contributed by atoms with E-state index in [1.54, 1.807) is 11.0 Å². The minimum Gasteiger partial charge on any atom is -0.449 e. The number of hydrogen-bond acceptors (Lipinski definition) is 4. The number of rotatable bonds is 0. The Hall–Kier alpha value is -1.56. The van der Waals surface area contributed by atoms with E-state index in [-0.39, 0.29) is 12.1 Å². The summed E-state index contributed by atoms with van der Waals surface area (Å²) in [7, 11) is 0. The average Bonchev–Trinajstić information content (AvgIpc) is 2.92. The molecule has 1 aromatic rings. The molecule has 6 heteroatoms. The Bertz CT molecular complexity index is 652. The van der Waals surface area contributed by atoms with E-state index in [4.69, 9.17) is 9.47 Å². The maximum absolute atomic E-state index is 12.2. The van der Waals surface area contributed by atoms with E-state index >= 15 is 0 Å². The maximum atomic E-state index is 12.2. The van der Waals surface area contributed by atoms with Crippen molar-refractivity contribution in [1.82, 2.24) is 4.90 Å². The van der Waals surface area contributed by atoms with Gasteiger partial charge in [-0.2, -0.15) is 0 Å². The molecule has 2 heterocycles. The zero-order valence-corrected chi connectivity index (χ0v) is 14.4. The first-order chi connectivity index (χ1) is 10.2. The number of fused-ring (bicyclic) bond motifs is 2. The first-order valence-electron chi connectivity index (χ1n) is 7.21. The number of carbonyl (C=O) groups excluding carboxylic acids is 2. The topological polar surface area (TPSA) is 55.8 Å². The molecule has 0 bridgehead atoms. The molecule has 0 radical (unpaired) electrons. The third-order valence-corrected chi connectivity index (χ3v) is 4.36. The number of halogens is 1. The van der Waals surface area contributed by atoms with Gasteiger partial charge in [-0.3, -0.25) is 0 Å². The Kier molecular flexibility index (Phi) is 3.47. The number of esters is 1. The van der Waals surface area contributed by atoms with Crippen LogP contribution >= 0.6 is 15.9 Å². The summed E-state index contributed by atoms with van der Waals surface area (Å²) in [4.78, 5) is 25.9. The molecule has 3 rings (SSSR count). The first-order valence-corrected chi connectivity index (χ1v) is 8.01. The van der Waals surface area contributed by atoms with Crippen molar-refractivity contribution in [1.29, 1.82) is 0 Å². The zero-order valence-electron chi connectivity index (χ0n) is 12.8. The Balaban J connectivity index is 1.85. The Morgan fingerprint density at radius 2 is 2.14 bits per heavy atom. The number of benzene rings is 1. The highest BCUT2D eigenvalue weighted by Gasteiger charge is 2.51. The molecule has 1 unspecified atom stereocenters. The van der Waals surface area contributed by atoms with E-state index in [2.05, 4.69) is 15.9 Å². The highest BCUT2D eigenvalue weighted by atomic mass is 79.9. The van der Waals surface area contributed by atoms with E-state index in [1.807, 2.05) is 32.9 Å². The molecule has 2 aliphatic rings. The second kappa shape index (κ2) is 4.98. The van der Waals surface area contributed by atoms with E-state index < -0.39 is 11.2 Å². The molecule has 1 aromatic carbocycles. The standard InChI is InChI=1S/C16H18BrNO4/c1-15(2,3)22-14(20)18-7-6-16(9-18)12-8-10(17)4-5-11(12)13(19)21-16/h4-5,8H,6-7,9H2,1-3H3. The number of likely N-dealkylation sites (tertiary alicyclic amines) is 1. The Morgan fingerprint density at radius 3 is 2.82 bits per heavy atom. The monoisotopic (exact) mass is 367 g/mol. The molecule has 1 fully saturated rings. The van der Waals surface area contributed by atoms with Crippen molar-refractivity contribution in [2.45, 2.75) is 38.4 Å². The van der Waals surface area contributed by atoms with Crippen molar-refractivity contribution in [3.05, 3.63) is 33.8 Å². The summed E-state index contributed by atoms with van der Waals surface area (Å²) < 4.78 is 11.9. The van der Waals surface area contributed by atoms with Crippen molar-refractivity contribution in [2.75, 3.05) is 13.1 Å². The lowest BCUT2D eigenvalue weighted by Crippen LogP contribution is -2.38. The molecule has 118 valence electrons. The van der Waals surface area contributed by atoms with E-state index in [1.165, 1.54) is 0 Å². The fourth-order valence-electron chi connectivity index (χ4n) is 2.93. The molecule has 1 saturated heterocycles. The SMILES string of the molecule is CC(C)(C)OC(=O)N1CCC2(C1)OC(=O)c1ccc(Br)cc12. The van der Waals surface area contributed by atoms with Crippen LogP contribution in [-0.2, 0) is 15.1 Å². The summed E-state index contributed by atoms with van der Waals surface area (Å²) in [6, 6.07) is 5.48. The first kappa shape index (κ1) is 15.3. The van der Waals surface area contributed by atoms with Crippen LogP contribution in [-0.4, -0.2) is 35.7 Å². The van der Waals surface area contributed by atoms with Gasteiger partial charge in [0.05, 0.1) is 12.1 Å². The van der Waals surface area contributed by atoms with Gasteiger partial charge in [-0.05, 0) is 39.0 Å². The summed E-state index contributed by atoms with van der Waals surface area (Å²) in [5.41, 5.74) is 0.139. The molecule has 1 spiro atoms. The lowest BCUT2D eigenvalue weighted by atomic mass is 9.91. The molecule has 2 aliphatic heterocycles. The third-order valence-electron chi connectivity index (χ3n) is 3.86. The van der Waals surface area contributed by atoms with Gasteiger partial charge in [0.25, 0.3) is 0 Å². The minimum atomic E-state index is -0.743. The molecule has 0 aromatic heterocycles. The molecule has 1 atom stereocenters. The van der Waals surface area contributed by atoms with Gasteiger partial charge in [0.2, 0.25) is 0 Å². The smallest absolute Gasteiger partial charge is 0.410 e. The van der Waals surface area contributed by atoms with Crippen LogP contribution in [0.4, 0.5) is 4.79 Å². The maximum Gasteiger partial charge on any atom is 0.410 e. The van der Waals surface area contributed by atoms with Gasteiger partial charge < -0.3 is 14.4 Å². The number of carbonyl (C=O) groups is 2. The second-order valence-electron chi connectivity index (χ2n) is 6.73. The fraction of sp³-hybridized carbons (Fsp3) is 0.500. The largest absolute Gasteiger partial charge is 0.449 e. The van der Waals surface area contributed by atoms with Crippen LogP contribution in [0.2, 0.25) is 0 Å². The summed E-state index contributed by atoms with van der Waals surface area (Å²) in [5, 5.41) is 0. The fourth-order valence-corrected chi connectivity index (χ4v) is 3.29. The third kappa shape index (κ3) is 2.60. The summed E-state index contributed by atoms with van der Waals surface area (Å²) in [5.74, 6) is -0.325. The molecule has 0 saturated carbocycles. The van der Waals surface area contributed by atoms with Gasteiger partial charge in [-0.25, -0.2) is 9.59 Å². The van der Waals surface area contributed by atoms with Gasteiger partial charge in [0, 0.05) is 23.0 Å². The Morgan fingerprint density at radius 1 is 1.41 bits per heavy atom. The number of amides is 1. The summed E-state index contributed by atoms with van der Waals surface area (Å²) in [6.45, 7) is 6.33. The minimum absolute atomic E-state index is 0.325. The van der Waals surface area contributed by atoms with Crippen LogP contribution in [0, 0.1) is 0 Å². The van der Waals surface area contributed by atoms with Gasteiger partial charge in [-0.15, -0.1) is 0 Å². The van der Waals surface area contributed by atoms with Gasteiger partial charge in [-0.1, -0.05) is 15.9 Å². The van der Waals surface area contributed by atoms with E-state index in [0.29, 0.717) is 25.1 Å². The van der Waals surface area contributed by atoms with Crippen LogP contribution in [0.15, 0.2) is 22.7 Å². The van der Waals surface area contributed by atoms with Crippen LogP contribution < -0.4 is 0 Å². The number of hydrogen-bond donors (Lipinski definition) is 0. The van der Waals surface area contributed by atoms with Crippen molar-refractivity contribution < 1.29 is 19.1 Å². The molecule has 22 heavy (non-hydrogen) atoms. The van der Waals surface area contributed by atoms with Gasteiger partial charge in [0.1, 0.15) is 5.60 Å². The predicted octanol–water partition coefficient (Wildman–Crippen LogP) is 3.46. The predicted molar refractivity (Wildman–Crippen MR) is 83.7 cm³/mol. The zero-order chi connectivity index (χ0) is 16.1. The van der Waals surface area contributed by atoms with Crippen molar-refractivity contribution in [3.8, 4) is 0 Å². The lowest BCUT2D eigenvalue weighted by molar-refractivity contribution is -0.00877. The molecule has 1 amide bonds. The van der Waals surface area contributed by atoms with Crippen molar-refractivity contribution >= 4 is 28.0 Å². The van der Waals surface area contributed by atoms with Gasteiger partial charge in [0.15, 0.2) is 5.60 Å². The summed E-state index contributed by atoms with van der Waals surface area (Å²) in [6.07, 6.45) is 0.213. The Labute approximate surface area is 137 Å². The quantitative estimate of drug-likeness (QED) is 0.659. The van der Waals surface area contributed by atoms with Crippen LogP contribution in [0.5, 0.6) is 0 Å². The normalized spacial score (nSPS) is 23.6. The molecular weight excluding hydrogens is 350 g/mol. The second-order valence-corrected chi connectivity index (χ2v) is 7.64. The number of ether oxygens (including phenoxy) is 2. The average molecular weight is 368 g/mol. The van der Waals surface area contributed by atoms with E-state index in [9.17, 15) is 9.59 Å². The van der Waals surface area contributed by atoms with Crippen molar-refractivity contribution in [3.63, 3.8) is 0 Å². The van der Waals surface area contributed by atoms with E-state index in [0.717, 1.165) is 10.0 Å². The highest BCUT2D eigenvalue weighted by molar-refractivity contribution is 9.10. The molecule has 5 nitrogen and oxygen atoms in total. The van der Waals surface area contributed by atoms with Crippen LogP contribution in [0.1, 0.15) is 43.1 Å². The van der Waals surface area contributed by atoms with Gasteiger partial charge >= 0.3 is 12.1 Å². The molecular formula is C16H18BrNO4. The molecule has 0 N–H and O–H groups in total. The van der Waals surface area contributed by atoms with Crippen LogP contribution in [0.3, 0.4) is 0 Å². The molecule has 0 aliphatic carbocycles. The highest BCUT2D eigenvalue weighted by Crippen LogP contribution is 2.44. The van der Waals surface area contributed by atoms with Crippen LogP contribution in [0.25, 0.3) is 0 Å².